The van der Waals surface area contributed by atoms with Crippen molar-refractivity contribution < 1.29 is 0 Å². The standard InChI is InChI=1S/C18H25N3/c1-11-7-6-8-12(2)14(11)15-16(19)21(18(3,4)5)17(20-15)13-9-10-13/h6-8,13H,9-10,19H2,1-5H3. The third kappa shape index (κ3) is 2.35. The summed E-state index contributed by atoms with van der Waals surface area (Å²) in [7, 11) is 0. The summed E-state index contributed by atoms with van der Waals surface area (Å²) in [6.07, 6.45) is 2.47. The molecule has 0 atom stereocenters. The van der Waals surface area contributed by atoms with Crippen LogP contribution in [0.4, 0.5) is 5.82 Å². The molecule has 0 radical (unpaired) electrons. The van der Waals surface area contributed by atoms with Crippen molar-refractivity contribution in [2.24, 2.45) is 0 Å². The third-order valence-electron chi connectivity index (χ3n) is 4.27. The number of nitrogens with zero attached hydrogens (tertiary/aromatic N) is 2. The van der Waals surface area contributed by atoms with Crippen molar-refractivity contribution in [2.75, 3.05) is 5.73 Å². The van der Waals surface area contributed by atoms with Gasteiger partial charge in [0.2, 0.25) is 0 Å². The Bertz CT molecular complexity index is 665. The van der Waals surface area contributed by atoms with E-state index in [1.807, 2.05) is 0 Å². The van der Waals surface area contributed by atoms with E-state index in [0.717, 1.165) is 17.3 Å². The summed E-state index contributed by atoms with van der Waals surface area (Å²) < 4.78 is 2.24. The smallest absolute Gasteiger partial charge is 0.132 e. The van der Waals surface area contributed by atoms with Gasteiger partial charge in [-0.25, -0.2) is 4.98 Å². The molecule has 1 saturated carbocycles. The van der Waals surface area contributed by atoms with Crippen LogP contribution in [0.2, 0.25) is 0 Å². The number of rotatable bonds is 2. The van der Waals surface area contributed by atoms with E-state index in [-0.39, 0.29) is 5.54 Å². The summed E-state index contributed by atoms with van der Waals surface area (Å²) in [5, 5.41) is 0. The molecule has 0 saturated heterocycles. The van der Waals surface area contributed by atoms with E-state index >= 15 is 0 Å². The van der Waals surface area contributed by atoms with Crippen LogP contribution in [0.5, 0.6) is 0 Å². The number of benzene rings is 1. The second-order valence-electron chi connectivity index (χ2n) is 7.25. The number of aryl methyl sites for hydroxylation is 2. The van der Waals surface area contributed by atoms with Crippen LogP contribution in [0.15, 0.2) is 18.2 Å². The van der Waals surface area contributed by atoms with E-state index < -0.39 is 0 Å². The Morgan fingerprint density at radius 2 is 1.71 bits per heavy atom. The molecule has 1 aromatic heterocycles. The van der Waals surface area contributed by atoms with Crippen LogP contribution in [0.25, 0.3) is 11.3 Å². The van der Waals surface area contributed by atoms with Crippen LogP contribution in [0.1, 0.15) is 56.5 Å². The number of nitrogen functional groups attached to an aromatic ring is 1. The molecule has 0 bridgehead atoms. The van der Waals surface area contributed by atoms with Gasteiger partial charge in [0.25, 0.3) is 0 Å². The van der Waals surface area contributed by atoms with Gasteiger partial charge in [-0.05, 0) is 58.6 Å². The van der Waals surface area contributed by atoms with Gasteiger partial charge in [-0.1, -0.05) is 18.2 Å². The molecule has 112 valence electrons. The van der Waals surface area contributed by atoms with Crippen molar-refractivity contribution in [3.63, 3.8) is 0 Å². The average Bonchev–Trinajstić information content (AvgIpc) is 3.13. The van der Waals surface area contributed by atoms with E-state index in [4.69, 9.17) is 10.7 Å². The van der Waals surface area contributed by atoms with Gasteiger partial charge in [0.15, 0.2) is 0 Å². The van der Waals surface area contributed by atoms with Crippen molar-refractivity contribution in [1.82, 2.24) is 9.55 Å². The zero-order valence-corrected chi connectivity index (χ0v) is 13.7. The number of aromatic nitrogens is 2. The molecule has 1 aliphatic rings. The summed E-state index contributed by atoms with van der Waals surface area (Å²) in [5.74, 6) is 2.56. The molecule has 0 aliphatic heterocycles. The Labute approximate surface area is 127 Å². The Morgan fingerprint density at radius 1 is 1.14 bits per heavy atom. The highest BCUT2D eigenvalue weighted by Crippen LogP contribution is 2.45. The summed E-state index contributed by atoms with van der Waals surface area (Å²) in [6.45, 7) is 10.9. The lowest BCUT2D eigenvalue weighted by Crippen LogP contribution is -2.25. The lowest BCUT2D eigenvalue weighted by atomic mass is 10.00. The minimum atomic E-state index is -0.0379. The highest BCUT2D eigenvalue weighted by molar-refractivity contribution is 5.76. The topological polar surface area (TPSA) is 43.8 Å². The van der Waals surface area contributed by atoms with Crippen LogP contribution in [0.3, 0.4) is 0 Å². The van der Waals surface area contributed by atoms with Gasteiger partial charge in [0.05, 0.1) is 0 Å². The Morgan fingerprint density at radius 3 is 2.19 bits per heavy atom. The maximum atomic E-state index is 6.53. The molecule has 3 heteroatoms. The number of hydrogen-bond acceptors (Lipinski definition) is 2. The van der Waals surface area contributed by atoms with Crippen molar-refractivity contribution in [3.8, 4) is 11.3 Å². The quantitative estimate of drug-likeness (QED) is 0.888. The Balaban J connectivity index is 2.25. The minimum absolute atomic E-state index is 0.0379. The maximum Gasteiger partial charge on any atom is 0.132 e. The molecule has 0 spiro atoms. The lowest BCUT2D eigenvalue weighted by molar-refractivity contribution is 0.388. The van der Waals surface area contributed by atoms with E-state index in [9.17, 15) is 0 Å². The summed E-state index contributed by atoms with van der Waals surface area (Å²) in [6, 6.07) is 6.36. The van der Waals surface area contributed by atoms with Crippen LogP contribution < -0.4 is 5.73 Å². The fourth-order valence-electron chi connectivity index (χ4n) is 3.14. The first-order valence-electron chi connectivity index (χ1n) is 7.76. The first-order chi connectivity index (χ1) is 9.80. The van der Waals surface area contributed by atoms with Crippen LogP contribution >= 0.6 is 0 Å². The van der Waals surface area contributed by atoms with Crippen molar-refractivity contribution in [1.29, 1.82) is 0 Å². The van der Waals surface area contributed by atoms with Gasteiger partial charge in [0, 0.05) is 17.0 Å². The van der Waals surface area contributed by atoms with Gasteiger partial charge in [-0.15, -0.1) is 0 Å². The molecule has 1 aliphatic carbocycles. The Kier molecular flexibility index (Phi) is 3.12. The third-order valence-corrected chi connectivity index (χ3v) is 4.27. The van der Waals surface area contributed by atoms with E-state index in [2.05, 4.69) is 57.4 Å². The molecule has 3 rings (SSSR count). The monoisotopic (exact) mass is 283 g/mol. The number of hydrogen-bond donors (Lipinski definition) is 1. The maximum absolute atomic E-state index is 6.53. The zero-order chi connectivity index (χ0) is 15.4. The molecule has 2 aromatic rings. The van der Waals surface area contributed by atoms with Crippen molar-refractivity contribution >= 4 is 5.82 Å². The Hall–Kier alpha value is -1.77. The SMILES string of the molecule is Cc1cccc(C)c1-c1nc(C2CC2)n(C(C)(C)C)c1N. The molecule has 1 heterocycles. The molecule has 2 N–H and O–H groups in total. The fraction of sp³-hybridized carbons (Fsp3) is 0.500. The second-order valence-corrected chi connectivity index (χ2v) is 7.25. The number of imidazole rings is 1. The molecule has 0 amide bonds. The van der Waals surface area contributed by atoms with E-state index in [1.165, 1.54) is 29.5 Å². The predicted octanol–water partition coefficient (Wildman–Crippen LogP) is 4.38. The normalized spacial score (nSPS) is 15.5. The van der Waals surface area contributed by atoms with Crippen LogP contribution in [-0.4, -0.2) is 9.55 Å². The van der Waals surface area contributed by atoms with Crippen molar-refractivity contribution in [2.45, 2.75) is 58.9 Å². The molecule has 1 aromatic carbocycles. The highest BCUT2D eigenvalue weighted by Gasteiger charge is 2.34. The van der Waals surface area contributed by atoms with Gasteiger partial charge in [0.1, 0.15) is 17.3 Å². The highest BCUT2D eigenvalue weighted by atomic mass is 15.2. The molecule has 3 nitrogen and oxygen atoms in total. The van der Waals surface area contributed by atoms with Gasteiger partial charge in [-0.2, -0.15) is 0 Å². The van der Waals surface area contributed by atoms with Crippen LogP contribution in [0, 0.1) is 13.8 Å². The average molecular weight is 283 g/mol. The van der Waals surface area contributed by atoms with Crippen LogP contribution in [-0.2, 0) is 5.54 Å². The molecule has 0 unspecified atom stereocenters. The predicted molar refractivity (Wildman–Crippen MR) is 88.5 cm³/mol. The largest absolute Gasteiger partial charge is 0.383 e. The summed E-state index contributed by atoms with van der Waals surface area (Å²) in [4.78, 5) is 4.97. The summed E-state index contributed by atoms with van der Waals surface area (Å²) in [5.41, 5.74) is 11.1. The summed E-state index contributed by atoms with van der Waals surface area (Å²) >= 11 is 0. The zero-order valence-electron chi connectivity index (χ0n) is 13.7. The molecule has 21 heavy (non-hydrogen) atoms. The second kappa shape index (κ2) is 4.62. The van der Waals surface area contributed by atoms with Crippen molar-refractivity contribution in [3.05, 3.63) is 35.2 Å². The first-order valence-corrected chi connectivity index (χ1v) is 7.76. The minimum Gasteiger partial charge on any atom is -0.383 e. The molecule has 1 fully saturated rings. The molecular formula is C18H25N3. The van der Waals surface area contributed by atoms with Gasteiger partial charge in [-0.3, -0.25) is 0 Å². The van der Waals surface area contributed by atoms with Gasteiger partial charge >= 0.3 is 0 Å². The van der Waals surface area contributed by atoms with E-state index in [0.29, 0.717) is 5.92 Å². The fourth-order valence-corrected chi connectivity index (χ4v) is 3.14. The first kappa shape index (κ1) is 14.2. The van der Waals surface area contributed by atoms with Gasteiger partial charge < -0.3 is 10.3 Å². The number of nitrogens with two attached hydrogens (primary N) is 1. The lowest BCUT2D eigenvalue weighted by Gasteiger charge is -2.25. The number of anilines is 1. The van der Waals surface area contributed by atoms with E-state index in [1.54, 1.807) is 0 Å². The molecular weight excluding hydrogens is 258 g/mol.